The molecule has 0 radical (unpaired) electrons. The molecule has 2 bridgehead atoms. The molecule has 4 heteroatoms. The summed E-state index contributed by atoms with van der Waals surface area (Å²) in [4.78, 5) is 24.4. The Kier molecular flexibility index (Phi) is 1.12. The van der Waals surface area contributed by atoms with E-state index in [4.69, 9.17) is 4.74 Å². The molecule has 0 aromatic rings. The van der Waals surface area contributed by atoms with Crippen LogP contribution in [0.15, 0.2) is 12.2 Å². The lowest BCUT2D eigenvalue weighted by molar-refractivity contribution is -0.140. The minimum Gasteiger partial charge on any atom is -0.365 e. The lowest BCUT2D eigenvalue weighted by atomic mass is 9.85. The normalized spacial score (nSPS) is 46.4. The van der Waals surface area contributed by atoms with Crippen molar-refractivity contribution >= 4 is 11.8 Å². The average Bonchev–Trinajstić information content (AvgIpc) is 2.76. The third kappa shape index (κ3) is 0.659. The molecule has 3 aliphatic heterocycles. The van der Waals surface area contributed by atoms with Gasteiger partial charge in [-0.2, -0.15) is 0 Å². The molecule has 3 heterocycles. The minimum atomic E-state index is -0.243. The molecule has 4 atom stereocenters. The minimum absolute atomic E-state index is 0.0909. The number of nitrogens with zero attached hydrogens (tertiary/aromatic N) is 1. The van der Waals surface area contributed by atoms with Crippen molar-refractivity contribution in [2.24, 2.45) is 11.8 Å². The van der Waals surface area contributed by atoms with E-state index in [-0.39, 0.29) is 35.9 Å². The SMILES string of the molecule is CN1C(=O)C2C(C1=O)[C@H]1C=C[C@@H]2O1. The summed E-state index contributed by atoms with van der Waals surface area (Å²) in [5.41, 5.74) is 0. The fourth-order valence-corrected chi connectivity index (χ4v) is 2.45. The van der Waals surface area contributed by atoms with Gasteiger partial charge < -0.3 is 4.74 Å². The second-order valence-corrected chi connectivity index (χ2v) is 3.74. The van der Waals surface area contributed by atoms with Crippen LogP contribution in [-0.4, -0.2) is 36.0 Å². The molecule has 2 amide bonds. The molecule has 3 aliphatic rings. The van der Waals surface area contributed by atoms with Crippen molar-refractivity contribution in [1.29, 1.82) is 0 Å². The summed E-state index contributed by atoms with van der Waals surface area (Å²) in [7, 11) is 1.54. The van der Waals surface area contributed by atoms with Gasteiger partial charge in [0.1, 0.15) is 0 Å². The Balaban J connectivity index is 2.08. The number of carbonyl (C=O) groups excluding carboxylic acids is 2. The number of hydrogen-bond donors (Lipinski definition) is 0. The zero-order valence-corrected chi connectivity index (χ0v) is 7.14. The van der Waals surface area contributed by atoms with Crippen LogP contribution in [0.1, 0.15) is 0 Å². The van der Waals surface area contributed by atoms with Crippen LogP contribution in [0.25, 0.3) is 0 Å². The summed E-state index contributed by atoms with van der Waals surface area (Å²) in [6.07, 6.45) is 3.46. The van der Waals surface area contributed by atoms with Gasteiger partial charge in [0.05, 0.1) is 24.0 Å². The van der Waals surface area contributed by atoms with Crippen molar-refractivity contribution in [3.05, 3.63) is 12.2 Å². The molecule has 3 rings (SSSR count). The van der Waals surface area contributed by atoms with Crippen LogP contribution in [0.2, 0.25) is 0 Å². The quantitative estimate of drug-likeness (QED) is 0.374. The summed E-state index contributed by atoms with van der Waals surface area (Å²) in [6, 6.07) is 0. The zero-order valence-electron chi connectivity index (χ0n) is 7.14. The maximum atomic E-state index is 11.6. The Morgan fingerprint density at radius 1 is 1.15 bits per heavy atom. The lowest BCUT2D eigenvalue weighted by Crippen LogP contribution is -2.30. The number of fused-ring (bicyclic) bond motifs is 5. The topological polar surface area (TPSA) is 46.6 Å². The van der Waals surface area contributed by atoms with E-state index in [0.29, 0.717) is 0 Å². The highest BCUT2D eigenvalue weighted by Crippen LogP contribution is 2.44. The van der Waals surface area contributed by atoms with E-state index >= 15 is 0 Å². The Morgan fingerprint density at radius 3 is 2.08 bits per heavy atom. The molecule has 2 fully saturated rings. The van der Waals surface area contributed by atoms with Crippen molar-refractivity contribution in [1.82, 2.24) is 4.90 Å². The number of likely N-dealkylation sites (tertiary alicyclic amines) is 1. The predicted molar refractivity (Wildman–Crippen MR) is 42.6 cm³/mol. The molecule has 2 saturated heterocycles. The van der Waals surface area contributed by atoms with Crippen LogP contribution in [0.5, 0.6) is 0 Å². The number of imide groups is 1. The molecular formula is C9H9NO3. The van der Waals surface area contributed by atoms with Gasteiger partial charge >= 0.3 is 0 Å². The van der Waals surface area contributed by atoms with E-state index in [0.717, 1.165) is 0 Å². The second kappa shape index (κ2) is 2.01. The Morgan fingerprint density at radius 2 is 1.62 bits per heavy atom. The third-order valence-corrected chi connectivity index (χ3v) is 3.13. The average molecular weight is 179 g/mol. The Bertz CT molecular complexity index is 306. The van der Waals surface area contributed by atoms with E-state index in [1.54, 1.807) is 7.05 Å². The summed E-state index contributed by atoms with van der Waals surface area (Å²) in [6.45, 7) is 0. The highest BCUT2D eigenvalue weighted by atomic mass is 16.5. The van der Waals surface area contributed by atoms with Gasteiger partial charge in [0, 0.05) is 7.05 Å². The number of carbonyl (C=O) groups is 2. The largest absolute Gasteiger partial charge is 0.365 e. The first kappa shape index (κ1) is 7.26. The van der Waals surface area contributed by atoms with E-state index in [9.17, 15) is 9.59 Å². The first-order chi connectivity index (χ1) is 6.20. The lowest BCUT2D eigenvalue weighted by Gasteiger charge is -2.10. The van der Waals surface area contributed by atoms with Crippen molar-refractivity contribution in [3.8, 4) is 0 Å². The molecule has 13 heavy (non-hydrogen) atoms. The number of amides is 2. The van der Waals surface area contributed by atoms with E-state index in [1.165, 1.54) is 4.90 Å². The van der Waals surface area contributed by atoms with Crippen LogP contribution in [0.3, 0.4) is 0 Å². The van der Waals surface area contributed by atoms with Crippen LogP contribution in [0.4, 0.5) is 0 Å². The molecule has 2 unspecified atom stereocenters. The van der Waals surface area contributed by atoms with Crippen molar-refractivity contribution in [2.75, 3.05) is 7.05 Å². The number of hydrogen-bond acceptors (Lipinski definition) is 3. The summed E-state index contributed by atoms with van der Waals surface area (Å²) in [5.74, 6) is -0.668. The molecule has 0 spiro atoms. The van der Waals surface area contributed by atoms with Gasteiger partial charge in [0.15, 0.2) is 0 Å². The first-order valence-corrected chi connectivity index (χ1v) is 4.35. The molecular weight excluding hydrogens is 170 g/mol. The van der Waals surface area contributed by atoms with Gasteiger partial charge in [0.25, 0.3) is 0 Å². The fourth-order valence-electron chi connectivity index (χ4n) is 2.45. The molecule has 0 aliphatic carbocycles. The monoisotopic (exact) mass is 179 g/mol. The summed E-state index contributed by atoms with van der Waals surface area (Å²) in [5, 5.41) is 0. The van der Waals surface area contributed by atoms with Crippen LogP contribution in [0, 0.1) is 11.8 Å². The Labute approximate surface area is 75.1 Å². The van der Waals surface area contributed by atoms with Gasteiger partial charge in [-0.25, -0.2) is 0 Å². The van der Waals surface area contributed by atoms with Crippen molar-refractivity contribution < 1.29 is 14.3 Å². The molecule has 68 valence electrons. The van der Waals surface area contributed by atoms with Crippen molar-refractivity contribution in [3.63, 3.8) is 0 Å². The third-order valence-electron chi connectivity index (χ3n) is 3.13. The van der Waals surface area contributed by atoms with Crippen LogP contribution < -0.4 is 0 Å². The highest BCUT2D eigenvalue weighted by molar-refractivity contribution is 6.06. The number of ether oxygens (including phenoxy) is 1. The van der Waals surface area contributed by atoms with E-state index in [2.05, 4.69) is 0 Å². The molecule has 0 saturated carbocycles. The molecule has 0 aromatic heterocycles. The predicted octanol–water partition coefficient (Wildman–Crippen LogP) is -0.445. The maximum Gasteiger partial charge on any atom is 0.235 e. The second-order valence-electron chi connectivity index (χ2n) is 3.74. The summed E-state index contributed by atoms with van der Waals surface area (Å²) < 4.78 is 5.45. The zero-order chi connectivity index (χ0) is 9.16. The fraction of sp³-hybridized carbons (Fsp3) is 0.556. The molecule has 0 aromatic carbocycles. The van der Waals surface area contributed by atoms with Gasteiger partial charge in [-0.1, -0.05) is 12.2 Å². The van der Waals surface area contributed by atoms with Gasteiger partial charge in [-0.15, -0.1) is 0 Å². The molecule has 0 N–H and O–H groups in total. The molecule has 4 nitrogen and oxygen atoms in total. The van der Waals surface area contributed by atoms with Crippen LogP contribution >= 0.6 is 0 Å². The highest BCUT2D eigenvalue weighted by Gasteiger charge is 2.59. The van der Waals surface area contributed by atoms with Crippen LogP contribution in [-0.2, 0) is 14.3 Å². The van der Waals surface area contributed by atoms with E-state index in [1.807, 2.05) is 12.2 Å². The summed E-state index contributed by atoms with van der Waals surface area (Å²) >= 11 is 0. The van der Waals surface area contributed by atoms with Gasteiger partial charge in [0.2, 0.25) is 11.8 Å². The van der Waals surface area contributed by atoms with Gasteiger partial charge in [-0.05, 0) is 0 Å². The Hall–Kier alpha value is -1.16. The maximum absolute atomic E-state index is 11.6. The standard InChI is InChI=1S/C9H9NO3/c1-10-8(11)6-4-2-3-5(13-4)7(6)9(10)12/h2-7H,1H3/t4-,5+,6?,7?. The smallest absolute Gasteiger partial charge is 0.235 e. The van der Waals surface area contributed by atoms with Gasteiger partial charge in [-0.3, -0.25) is 14.5 Å². The van der Waals surface area contributed by atoms with Crippen molar-refractivity contribution in [2.45, 2.75) is 12.2 Å². The van der Waals surface area contributed by atoms with E-state index < -0.39 is 0 Å². The number of rotatable bonds is 0. The first-order valence-electron chi connectivity index (χ1n) is 4.35.